The summed E-state index contributed by atoms with van der Waals surface area (Å²) in [4.78, 5) is 14.9. The van der Waals surface area contributed by atoms with Crippen molar-refractivity contribution < 1.29 is 18.6 Å². The van der Waals surface area contributed by atoms with Gasteiger partial charge in [-0.05, 0) is 51.1 Å². The van der Waals surface area contributed by atoms with E-state index in [1.54, 1.807) is 11.3 Å². The quantitative estimate of drug-likeness (QED) is 0.345. The Morgan fingerprint density at radius 1 is 1.12 bits per heavy atom. The molecule has 2 unspecified atom stereocenters. The Balaban J connectivity index is 1.98. The molecule has 0 aliphatic carbocycles. The Morgan fingerprint density at radius 3 is 2.47 bits per heavy atom. The van der Waals surface area contributed by atoms with Gasteiger partial charge in [-0.1, -0.05) is 48.5 Å². The Kier molecular flexibility index (Phi) is 8.26. The molecule has 0 saturated carbocycles. The van der Waals surface area contributed by atoms with Crippen molar-refractivity contribution in [3.63, 3.8) is 0 Å². The molecule has 32 heavy (non-hydrogen) atoms. The van der Waals surface area contributed by atoms with Gasteiger partial charge in [0.15, 0.2) is 0 Å². The van der Waals surface area contributed by atoms with E-state index in [0.717, 1.165) is 35.0 Å². The molecule has 0 amide bonds. The molecule has 1 aromatic heterocycles. The molecule has 0 radical (unpaired) electrons. The summed E-state index contributed by atoms with van der Waals surface area (Å²) >= 11 is 0. The third-order valence-corrected chi connectivity index (χ3v) is 7.34. The van der Waals surface area contributed by atoms with Gasteiger partial charge in [0.2, 0.25) is 0 Å². The van der Waals surface area contributed by atoms with Gasteiger partial charge in [0.25, 0.3) is 0 Å². The molecule has 2 aromatic carbocycles. The molecule has 1 heterocycles. The molecule has 0 aliphatic rings. The number of aromatic nitrogens is 1. The third-order valence-electron chi connectivity index (χ3n) is 5.31. The van der Waals surface area contributed by atoms with Crippen LogP contribution in [0.1, 0.15) is 18.1 Å². The van der Waals surface area contributed by atoms with Crippen LogP contribution in [0.5, 0.6) is 0 Å². The van der Waals surface area contributed by atoms with E-state index in [2.05, 4.69) is 9.99 Å². The van der Waals surface area contributed by atoms with Crippen molar-refractivity contribution >= 4 is 24.5 Å². The summed E-state index contributed by atoms with van der Waals surface area (Å²) in [5, 5.41) is 4.03. The zero-order valence-corrected chi connectivity index (χ0v) is 20.0. The minimum atomic E-state index is -3.64. The van der Waals surface area contributed by atoms with Crippen molar-refractivity contribution in [3.8, 4) is 0 Å². The first kappa shape index (κ1) is 24.2. The number of esters is 1. The topological polar surface area (TPSA) is 72.8 Å². The number of carbonyl (C=O) groups excluding carboxylic acids is 1. The second-order valence-electron chi connectivity index (χ2n) is 7.90. The van der Waals surface area contributed by atoms with Crippen LogP contribution in [0.3, 0.4) is 0 Å². The highest BCUT2D eigenvalue weighted by molar-refractivity contribution is 7.55. The molecule has 172 valence electrons. The van der Waals surface area contributed by atoms with E-state index in [1.165, 1.54) is 7.11 Å². The van der Waals surface area contributed by atoms with E-state index in [-0.39, 0.29) is 6.61 Å². The summed E-state index contributed by atoms with van der Waals surface area (Å²) in [6.07, 6.45) is 3.01. The van der Waals surface area contributed by atoms with E-state index in [0.29, 0.717) is 6.42 Å². The summed E-state index contributed by atoms with van der Waals surface area (Å²) in [6.45, 7) is 2.85. The highest BCUT2D eigenvalue weighted by Gasteiger charge is 2.34. The van der Waals surface area contributed by atoms with E-state index >= 15 is 0 Å². The summed E-state index contributed by atoms with van der Waals surface area (Å²) in [5.41, 5.74) is 2.80. The fourth-order valence-electron chi connectivity index (χ4n) is 3.67. The van der Waals surface area contributed by atoms with Gasteiger partial charge < -0.3 is 14.2 Å². The van der Waals surface area contributed by atoms with E-state index in [4.69, 9.17) is 9.26 Å². The molecule has 3 rings (SSSR count). The standard InChI is InChI=1S/C24H32N3O4P/c1-5-31-24(28)22(17-19-11-7-6-8-12-19)25-32(29,30-4)27-18-20(15-16-26(2)3)21-13-9-10-14-23(21)27/h6-14,18,22H,5,15-17H2,1-4H3,(H,25,29). The van der Waals surface area contributed by atoms with Gasteiger partial charge in [-0.2, -0.15) is 0 Å². The van der Waals surface area contributed by atoms with E-state index in [1.807, 2.05) is 74.9 Å². The lowest BCUT2D eigenvalue weighted by molar-refractivity contribution is -0.145. The smallest absolute Gasteiger partial charge is 0.373 e. The maximum absolute atomic E-state index is 14.1. The zero-order chi connectivity index (χ0) is 23.1. The third kappa shape index (κ3) is 5.67. The number of carbonyl (C=O) groups is 1. The van der Waals surface area contributed by atoms with Gasteiger partial charge in [0.05, 0.1) is 12.1 Å². The monoisotopic (exact) mass is 457 g/mol. The van der Waals surface area contributed by atoms with Crippen molar-refractivity contribution in [2.24, 2.45) is 0 Å². The minimum Gasteiger partial charge on any atom is -0.465 e. The second-order valence-corrected chi connectivity index (χ2v) is 9.99. The second kappa shape index (κ2) is 10.9. The van der Waals surface area contributed by atoms with Gasteiger partial charge in [-0.15, -0.1) is 0 Å². The summed E-state index contributed by atoms with van der Waals surface area (Å²) < 4.78 is 26.5. The van der Waals surface area contributed by atoms with E-state index in [9.17, 15) is 9.36 Å². The predicted octanol–water partition coefficient (Wildman–Crippen LogP) is 4.11. The molecular weight excluding hydrogens is 425 g/mol. The highest BCUT2D eigenvalue weighted by atomic mass is 31.2. The Bertz CT molecular complexity index is 1080. The first-order chi connectivity index (χ1) is 15.4. The van der Waals surface area contributed by atoms with Gasteiger partial charge in [0, 0.05) is 25.2 Å². The number of para-hydroxylation sites is 1. The first-order valence-corrected chi connectivity index (χ1v) is 12.3. The van der Waals surface area contributed by atoms with Gasteiger partial charge in [0.1, 0.15) is 6.04 Å². The number of hydrogen-bond acceptors (Lipinski definition) is 5. The van der Waals surface area contributed by atoms with Crippen LogP contribution in [0.15, 0.2) is 60.8 Å². The molecule has 3 aromatic rings. The molecular formula is C24H32N3O4P. The van der Waals surface area contributed by atoms with Crippen molar-refractivity contribution in [3.05, 3.63) is 71.9 Å². The van der Waals surface area contributed by atoms with Gasteiger partial charge in [-0.3, -0.25) is 9.13 Å². The number of likely N-dealkylation sites (N-methyl/N-ethyl adjacent to an activating group) is 1. The molecule has 0 saturated heterocycles. The van der Waals surface area contributed by atoms with Crippen LogP contribution in [0, 0.1) is 0 Å². The maximum atomic E-state index is 14.1. The number of rotatable bonds is 11. The lowest BCUT2D eigenvalue weighted by atomic mass is 10.1. The number of fused-ring (bicyclic) bond motifs is 1. The predicted molar refractivity (Wildman–Crippen MR) is 128 cm³/mol. The molecule has 7 nitrogen and oxygen atoms in total. The van der Waals surface area contributed by atoms with Crippen LogP contribution in [-0.4, -0.2) is 55.6 Å². The van der Waals surface area contributed by atoms with Crippen LogP contribution in [0.25, 0.3) is 10.9 Å². The van der Waals surface area contributed by atoms with E-state index < -0.39 is 19.7 Å². The van der Waals surface area contributed by atoms with Gasteiger partial charge in [-0.25, -0.2) is 9.65 Å². The fourth-order valence-corrected chi connectivity index (χ4v) is 5.41. The van der Waals surface area contributed by atoms with Crippen molar-refractivity contribution in [2.75, 3.05) is 34.4 Å². The Labute approximate surface area is 189 Å². The molecule has 1 N–H and O–H groups in total. The molecule has 8 heteroatoms. The number of benzene rings is 2. The normalized spacial score (nSPS) is 14.4. The highest BCUT2D eigenvalue weighted by Crippen LogP contribution is 2.47. The SMILES string of the molecule is CCOC(=O)C(Cc1ccccc1)NP(=O)(OC)n1cc(CCN(C)C)c2ccccc21. The molecule has 2 atom stereocenters. The van der Waals surface area contributed by atoms with Crippen LogP contribution in [-0.2, 0) is 31.5 Å². The summed E-state index contributed by atoms with van der Waals surface area (Å²) in [6, 6.07) is 16.6. The lowest BCUT2D eigenvalue weighted by Gasteiger charge is -2.25. The lowest BCUT2D eigenvalue weighted by Crippen LogP contribution is -2.39. The average molecular weight is 458 g/mol. The number of nitrogens with one attached hydrogen (secondary N) is 1. The van der Waals surface area contributed by atoms with Crippen LogP contribution >= 0.6 is 7.67 Å². The molecule has 0 spiro atoms. The average Bonchev–Trinajstić information content (AvgIpc) is 3.17. The molecule has 0 fully saturated rings. The Morgan fingerprint density at radius 2 is 1.81 bits per heavy atom. The van der Waals surface area contributed by atoms with Crippen molar-refractivity contribution in [1.82, 2.24) is 14.3 Å². The van der Waals surface area contributed by atoms with Gasteiger partial charge >= 0.3 is 13.6 Å². The fraction of sp³-hybridized carbons (Fsp3) is 0.375. The first-order valence-electron chi connectivity index (χ1n) is 10.8. The number of nitrogens with zero attached hydrogens (tertiary/aromatic N) is 2. The number of hydrogen-bond donors (Lipinski definition) is 1. The summed E-state index contributed by atoms with van der Waals surface area (Å²) in [7, 11) is 1.80. The van der Waals surface area contributed by atoms with Crippen molar-refractivity contribution in [2.45, 2.75) is 25.8 Å². The maximum Gasteiger partial charge on any atom is 0.373 e. The summed E-state index contributed by atoms with van der Waals surface area (Å²) in [5.74, 6) is -0.460. The van der Waals surface area contributed by atoms with Crippen molar-refractivity contribution in [1.29, 1.82) is 0 Å². The van der Waals surface area contributed by atoms with Crippen LogP contribution < -0.4 is 5.09 Å². The minimum absolute atomic E-state index is 0.240. The molecule has 0 aliphatic heterocycles. The van der Waals surface area contributed by atoms with Crippen LogP contribution in [0.2, 0.25) is 0 Å². The van der Waals surface area contributed by atoms with Crippen LogP contribution in [0.4, 0.5) is 0 Å². The largest absolute Gasteiger partial charge is 0.465 e. The zero-order valence-electron chi connectivity index (χ0n) is 19.2. The number of ether oxygens (including phenoxy) is 1. The molecule has 0 bridgehead atoms. The Hall–Kier alpha value is -2.44.